The van der Waals surface area contributed by atoms with Crippen LogP contribution in [0.3, 0.4) is 0 Å². The summed E-state index contributed by atoms with van der Waals surface area (Å²) in [6, 6.07) is 9.76. The maximum absolute atomic E-state index is 12.2. The molecule has 0 aromatic heterocycles. The number of carbonyl (C=O) groups excluding carboxylic acids is 1. The molecule has 0 aliphatic heterocycles. The topological polar surface area (TPSA) is 66.4 Å². The van der Waals surface area contributed by atoms with Gasteiger partial charge in [-0.2, -0.15) is 0 Å². The van der Waals surface area contributed by atoms with Crippen molar-refractivity contribution in [3.63, 3.8) is 0 Å². The lowest BCUT2D eigenvalue weighted by Gasteiger charge is -2.16. The van der Waals surface area contributed by atoms with Crippen molar-refractivity contribution in [1.82, 2.24) is 5.32 Å². The molecule has 0 fully saturated rings. The predicted molar refractivity (Wildman–Crippen MR) is 82.1 cm³/mol. The van der Waals surface area contributed by atoms with Crippen LogP contribution in [0.15, 0.2) is 30.3 Å². The number of thioether (sulfide) groups is 1. The molecule has 2 N–H and O–H groups in total. The molecular weight excluding hydrogens is 274 g/mol. The van der Waals surface area contributed by atoms with E-state index in [2.05, 4.69) is 12.2 Å². The van der Waals surface area contributed by atoms with Gasteiger partial charge in [-0.05, 0) is 12.0 Å². The number of nitrogens with one attached hydrogen (secondary N) is 1. The Balaban J connectivity index is 2.43. The van der Waals surface area contributed by atoms with Crippen LogP contribution >= 0.6 is 11.8 Å². The van der Waals surface area contributed by atoms with Crippen LogP contribution in [-0.4, -0.2) is 35.0 Å². The maximum atomic E-state index is 12.2. The monoisotopic (exact) mass is 295 g/mol. The van der Waals surface area contributed by atoms with Crippen molar-refractivity contribution in [2.75, 3.05) is 18.1 Å². The van der Waals surface area contributed by atoms with E-state index in [0.29, 0.717) is 12.3 Å². The quantitative estimate of drug-likeness (QED) is 0.687. The van der Waals surface area contributed by atoms with E-state index in [1.54, 1.807) is 0 Å². The molecule has 0 radical (unpaired) electrons. The molecule has 20 heavy (non-hydrogen) atoms. The van der Waals surface area contributed by atoms with Crippen molar-refractivity contribution in [3.8, 4) is 0 Å². The average Bonchev–Trinajstić information content (AvgIpc) is 2.44. The lowest BCUT2D eigenvalue weighted by atomic mass is 9.94. The average molecular weight is 295 g/mol. The number of amides is 1. The Labute approximate surface area is 124 Å². The molecule has 1 aromatic carbocycles. The molecule has 0 heterocycles. The van der Waals surface area contributed by atoms with Crippen molar-refractivity contribution in [2.45, 2.75) is 25.7 Å². The summed E-state index contributed by atoms with van der Waals surface area (Å²) in [5.41, 5.74) is 1.03. The fourth-order valence-corrected chi connectivity index (χ4v) is 2.52. The van der Waals surface area contributed by atoms with Crippen molar-refractivity contribution in [2.24, 2.45) is 0 Å². The highest BCUT2D eigenvalue weighted by Crippen LogP contribution is 2.21. The van der Waals surface area contributed by atoms with E-state index < -0.39 is 5.97 Å². The van der Waals surface area contributed by atoms with Gasteiger partial charge in [0, 0.05) is 12.3 Å². The molecule has 110 valence electrons. The molecule has 0 aliphatic carbocycles. The van der Waals surface area contributed by atoms with Gasteiger partial charge in [-0.1, -0.05) is 43.7 Å². The van der Waals surface area contributed by atoms with Gasteiger partial charge in [0.05, 0.1) is 11.7 Å². The van der Waals surface area contributed by atoms with Gasteiger partial charge in [-0.15, -0.1) is 11.8 Å². The molecule has 0 saturated carbocycles. The first kappa shape index (κ1) is 16.6. The van der Waals surface area contributed by atoms with Gasteiger partial charge >= 0.3 is 5.97 Å². The van der Waals surface area contributed by atoms with E-state index in [1.807, 2.05) is 30.3 Å². The highest BCUT2D eigenvalue weighted by atomic mass is 32.2. The number of carboxylic acid groups (broad SMARTS) is 1. The first-order valence-corrected chi connectivity index (χ1v) is 7.92. The number of carbonyl (C=O) groups is 2. The molecule has 5 heteroatoms. The van der Waals surface area contributed by atoms with Gasteiger partial charge in [0.2, 0.25) is 5.91 Å². The SMILES string of the molecule is CCCC(C(=O)NCCSCC(=O)O)c1ccccc1. The Morgan fingerprint density at radius 2 is 2.00 bits per heavy atom. The fraction of sp³-hybridized carbons (Fsp3) is 0.467. The Morgan fingerprint density at radius 1 is 1.30 bits per heavy atom. The van der Waals surface area contributed by atoms with Gasteiger partial charge in [-0.3, -0.25) is 9.59 Å². The number of hydrogen-bond donors (Lipinski definition) is 2. The number of aliphatic carboxylic acids is 1. The largest absolute Gasteiger partial charge is 0.481 e. The molecule has 1 unspecified atom stereocenters. The lowest BCUT2D eigenvalue weighted by molar-refractivity contribution is -0.133. The summed E-state index contributed by atoms with van der Waals surface area (Å²) in [5.74, 6) is -0.229. The van der Waals surface area contributed by atoms with Crippen LogP contribution in [0.4, 0.5) is 0 Å². The number of hydrogen-bond acceptors (Lipinski definition) is 3. The zero-order valence-corrected chi connectivity index (χ0v) is 12.5. The Bertz CT molecular complexity index is 422. The lowest BCUT2D eigenvalue weighted by Crippen LogP contribution is -2.31. The van der Waals surface area contributed by atoms with Crippen LogP contribution in [0.2, 0.25) is 0 Å². The molecule has 4 nitrogen and oxygen atoms in total. The third-order valence-electron chi connectivity index (χ3n) is 2.87. The van der Waals surface area contributed by atoms with E-state index >= 15 is 0 Å². The second kappa shape index (κ2) is 9.42. The van der Waals surface area contributed by atoms with Crippen molar-refractivity contribution in [3.05, 3.63) is 35.9 Å². The van der Waals surface area contributed by atoms with E-state index in [9.17, 15) is 9.59 Å². The molecule has 1 amide bonds. The number of carboxylic acids is 1. The smallest absolute Gasteiger partial charge is 0.313 e. The maximum Gasteiger partial charge on any atom is 0.313 e. The van der Waals surface area contributed by atoms with Gasteiger partial charge in [0.15, 0.2) is 0 Å². The predicted octanol–water partition coefficient (Wildman–Crippen LogP) is 2.50. The van der Waals surface area contributed by atoms with E-state index in [0.717, 1.165) is 18.4 Å². The standard InChI is InChI=1S/C15H21NO3S/c1-2-6-13(12-7-4-3-5-8-12)15(19)16-9-10-20-11-14(17)18/h3-5,7-8,13H,2,6,9-11H2,1H3,(H,16,19)(H,17,18). The molecule has 0 spiro atoms. The molecule has 1 aromatic rings. The third kappa shape index (κ3) is 6.10. The van der Waals surface area contributed by atoms with Crippen LogP contribution in [0.5, 0.6) is 0 Å². The summed E-state index contributed by atoms with van der Waals surface area (Å²) in [7, 11) is 0. The molecule has 0 aliphatic rings. The third-order valence-corrected chi connectivity index (χ3v) is 3.81. The second-order valence-corrected chi connectivity index (χ2v) is 5.59. The zero-order chi connectivity index (χ0) is 14.8. The summed E-state index contributed by atoms with van der Waals surface area (Å²) in [4.78, 5) is 22.6. The zero-order valence-electron chi connectivity index (χ0n) is 11.7. The van der Waals surface area contributed by atoms with Crippen molar-refractivity contribution in [1.29, 1.82) is 0 Å². The highest BCUT2D eigenvalue weighted by molar-refractivity contribution is 7.99. The van der Waals surface area contributed by atoms with Crippen molar-refractivity contribution >= 4 is 23.6 Å². The summed E-state index contributed by atoms with van der Waals surface area (Å²) in [6.45, 7) is 2.57. The summed E-state index contributed by atoms with van der Waals surface area (Å²) in [5, 5.41) is 11.4. The minimum atomic E-state index is -0.825. The summed E-state index contributed by atoms with van der Waals surface area (Å²) < 4.78 is 0. The van der Waals surface area contributed by atoms with Crippen LogP contribution < -0.4 is 5.32 Å². The molecule has 0 bridgehead atoms. The molecule has 0 saturated heterocycles. The Morgan fingerprint density at radius 3 is 2.60 bits per heavy atom. The van der Waals surface area contributed by atoms with Crippen LogP contribution in [-0.2, 0) is 9.59 Å². The highest BCUT2D eigenvalue weighted by Gasteiger charge is 2.18. The molecule has 1 atom stereocenters. The van der Waals surface area contributed by atoms with Crippen LogP contribution in [0, 0.1) is 0 Å². The number of rotatable bonds is 9. The molecule has 1 rings (SSSR count). The van der Waals surface area contributed by atoms with Crippen molar-refractivity contribution < 1.29 is 14.7 Å². The summed E-state index contributed by atoms with van der Waals surface area (Å²) >= 11 is 1.31. The Hall–Kier alpha value is -1.49. The van der Waals surface area contributed by atoms with Crippen LogP contribution in [0.1, 0.15) is 31.2 Å². The first-order chi connectivity index (χ1) is 9.65. The van der Waals surface area contributed by atoms with Gasteiger partial charge in [0.25, 0.3) is 0 Å². The van der Waals surface area contributed by atoms with Gasteiger partial charge in [0.1, 0.15) is 0 Å². The number of benzene rings is 1. The fourth-order valence-electron chi connectivity index (χ4n) is 1.95. The van der Waals surface area contributed by atoms with E-state index in [4.69, 9.17) is 5.11 Å². The Kier molecular flexibility index (Phi) is 7.80. The van der Waals surface area contributed by atoms with E-state index in [-0.39, 0.29) is 17.6 Å². The van der Waals surface area contributed by atoms with Gasteiger partial charge < -0.3 is 10.4 Å². The first-order valence-electron chi connectivity index (χ1n) is 6.77. The van der Waals surface area contributed by atoms with Crippen LogP contribution in [0.25, 0.3) is 0 Å². The molecular formula is C15H21NO3S. The van der Waals surface area contributed by atoms with E-state index in [1.165, 1.54) is 11.8 Å². The minimum Gasteiger partial charge on any atom is -0.481 e. The summed E-state index contributed by atoms with van der Waals surface area (Å²) in [6.07, 6.45) is 1.76. The minimum absolute atomic E-state index is 0.0222. The second-order valence-electron chi connectivity index (χ2n) is 4.49. The normalized spacial score (nSPS) is 11.8. The van der Waals surface area contributed by atoms with Gasteiger partial charge in [-0.25, -0.2) is 0 Å².